The molecule has 3 N–H and O–H groups in total. The Bertz CT molecular complexity index is 856. The third-order valence-corrected chi connectivity index (χ3v) is 4.29. The fraction of sp³-hybridized carbons (Fsp3) is 0.200. The van der Waals surface area contributed by atoms with Gasteiger partial charge in [-0.1, -0.05) is 42.0 Å². The van der Waals surface area contributed by atoms with E-state index in [9.17, 15) is 9.59 Å². The molecule has 0 fully saturated rings. The minimum absolute atomic E-state index is 0.234. The van der Waals surface area contributed by atoms with Crippen molar-refractivity contribution in [2.45, 2.75) is 26.8 Å². The number of anilines is 1. The fourth-order valence-corrected chi connectivity index (χ4v) is 3.02. The molecule has 128 valence electrons. The van der Waals surface area contributed by atoms with Crippen LogP contribution < -0.4 is 16.0 Å². The van der Waals surface area contributed by atoms with Crippen molar-refractivity contribution in [1.29, 1.82) is 0 Å². The molecule has 3 rings (SSSR count). The van der Waals surface area contributed by atoms with Gasteiger partial charge in [-0.25, -0.2) is 4.79 Å². The summed E-state index contributed by atoms with van der Waals surface area (Å²) in [6.45, 7) is 5.72. The van der Waals surface area contributed by atoms with Crippen LogP contribution in [0.3, 0.4) is 0 Å². The lowest BCUT2D eigenvalue weighted by atomic mass is 9.90. The lowest BCUT2D eigenvalue weighted by Crippen LogP contribution is -2.46. The Labute approximate surface area is 147 Å². The van der Waals surface area contributed by atoms with E-state index >= 15 is 0 Å². The average molecular weight is 335 g/mol. The Morgan fingerprint density at radius 1 is 1.04 bits per heavy atom. The van der Waals surface area contributed by atoms with E-state index in [1.54, 1.807) is 6.92 Å². The Balaban J connectivity index is 2.00. The van der Waals surface area contributed by atoms with Crippen LogP contribution >= 0.6 is 0 Å². The van der Waals surface area contributed by atoms with Crippen LogP contribution in [-0.2, 0) is 4.79 Å². The van der Waals surface area contributed by atoms with Gasteiger partial charge in [0.2, 0.25) is 0 Å². The normalized spacial score (nSPS) is 16.9. The minimum Gasteiger partial charge on any atom is -0.327 e. The monoisotopic (exact) mass is 335 g/mol. The number of rotatable bonds is 3. The quantitative estimate of drug-likeness (QED) is 0.802. The molecule has 0 saturated heterocycles. The van der Waals surface area contributed by atoms with E-state index in [1.165, 1.54) is 0 Å². The molecule has 0 spiro atoms. The van der Waals surface area contributed by atoms with Gasteiger partial charge >= 0.3 is 6.03 Å². The number of nitrogens with one attached hydrogen (secondary N) is 3. The molecule has 2 aromatic rings. The van der Waals surface area contributed by atoms with Gasteiger partial charge < -0.3 is 16.0 Å². The molecule has 5 heteroatoms. The van der Waals surface area contributed by atoms with Crippen LogP contribution in [0.15, 0.2) is 59.8 Å². The highest BCUT2D eigenvalue weighted by molar-refractivity contribution is 6.06. The maximum atomic E-state index is 12.9. The molecule has 0 saturated carbocycles. The number of allylic oxidation sites excluding steroid dienone is 1. The summed E-state index contributed by atoms with van der Waals surface area (Å²) >= 11 is 0. The minimum atomic E-state index is -0.489. The van der Waals surface area contributed by atoms with Gasteiger partial charge in [-0.3, -0.25) is 4.79 Å². The number of urea groups is 1. The van der Waals surface area contributed by atoms with Gasteiger partial charge in [0.1, 0.15) is 0 Å². The van der Waals surface area contributed by atoms with Crippen molar-refractivity contribution in [3.8, 4) is 0 Å². The number of para-hydroxylation sites is 1. The van der Waals surface area contributed by atoms with Crippen LogP contribution in [0.5, 0.6) is 0 Å². The second-order valence-corrected chi connectivity index (χ2v) is 6.25. The third kappa shape index (κ3) is 3.55. The third-order valence-electron chi connectivity index (χ3n) is 4.29. The second kappa shape index (κ2) is 6.81. The molecule has 3 amide bonds. The van der Waals surface area contributed by atoms with Crippen LogP contribution in [0.4, 0.5) is 10.5 Å². The molecular formula is C20H21N3O2. The van der Waals surface area contributed by atoms with Crippen molar-refractivity contribution in [1.82, 2.24) is 10.6 Å². The highest BCUT2D eigenvalue weighted by Gasteiger charge is 2.32. The number of aryl methyl sites for hydroxylation is 2. The summed E-state index contributed by atoms with van der Waals surface area (Å²) in [5.41, 5.74) is 4.81. The Hall–Kier alpha value is -3.08. The van der Waals surface area contributed by atoms with E-state index in [0.29, 0.717) is 17.0 Å². The molecule has 0 aromatic heterocycles. The van der Waals surface area contributed by atoms with Crippen molar-refractivity contribution < 1.29 is 9.59 Å². The van der Waals surface area contributed by atoms with E-state index in [1.807, 2.05) is 62.4 Å². The van der Waals surface area contributed by atoms with E-state index in [4.69, 9.17) is 0 Å². The first-order chi connectivity index (χ1) is 12.0. The zero-order valence-electron chi connectivity index (χ0n) is 14.5. The number of hydrogen-bond acceptors (Lipinski definition) is 2. The number of hydrogen-bond donors (Lipinski definition) is 3. The van der Waals surface area contributed by atoms with Crippen LogP contribution in [0, 0.1) is 13.8 Å². The zero-order chi connectivity index (χ0) is 18.0. The molecule has 1 aliphatic heterocycles. The molecule has 1 unspecified atom stereocenters. The average Bonchev–Trinajstić information content (AvgIpc) is 2.57. The molecule has 1 heterocycles. The summed E-state index contributed by atoms with van der Waals surface area (Å²) in [6, 6.07) is 14.5. The number of benzene rings is 2. The van der Waals surface area contributed by atoms with Gasteiger partial charge in [-0.2, -0.15) is 0 Å². The molecule has 0 aliphatic carbocycles. The first kappa shape index (κ1) is 16.8. The first-order valence-electron chi connectivity index (χ1n) is 8.17. The standard InChI is InChI=1S/C20H21N3O2/c1-12-9-10-13(2)16(11-12)18-17(14(3)21-20(25)23-18)19(24)22-15-7-5-4-6-8-15/h4-11,18H,1-3H3,(H,22,24)(H2,21,23,25). The van der Waals surface area contributed by atoms with E-state index in [2.05, 4.69) is 16.0 Å². The first-order valence-corrected chi connectivity index (χ1v) is 8.17. The highest BCUT2D eigenvalue weighted by Crippen LogP contribution is 2.30. The summed E-state index contributed by atoms with van der Waals surface area (Å²) in [6.07, 6.45) is 0. The lowest BCUT2D eigenvalue weighted by Gasteiger charge is -2.29. The molecule has 1 aliphatic rings. The second-order valence-electron chi connectivity index (χ2n) is 6.25. The van der Waals surface area contributed by atoms with E-state index < -0.39 is 6.04 Å². The molecule has 2 aromatic carbocycles. The van der Waals surface area contributed by atoms with Crippen molar-refractivity contribution >= 4 is 17.6 Å². The Morgan fingerprint density at radius 2 is 1.76 bits per heavy atom. The summed E-state index contributed by atoms with van der Waals surface area (Å²) in [4.78, 5) is 24.9. The zero-order valence-corrected chi connectivity index (χ0v) is 14.5. The fourth-order valence-electron chi connectivity index (χ4n) is 3.02. The van der Waals surface area contributed by atoms with Crippen LogP contribution in [0.2, 0.25) is 0 Å². The topological polar surface area (TPSA) is 70.2 Å². The molecule has 25 heavy (non-hydrogen) atoms. The largest absolute Gasteiger partial charge is 0.327 e. The van der Waals surface area contributed by atoms with Crippen LogP contribution in [0.1, 0.15) is 29.7 Å². The molecular weight excluding hydrogens is 314 g/mol. The molecule has 1 atom stereocenters. The van der Waals surface area contributed by atoms with Gasteiger partial charge in [0.25, 0.3) is 5.91 Å². The maximum Gasteiger partial charge on any atom is 0.319 e. The Morgan fingerprint density at radius 3 is 2.48 bits per heavy atom. The number of carbonyl (C=O) groups is 2. The maximum absolute atomic E-state index is 12.9. The van der Waals surface area contributed by atoms with Crippen molar-refractivity contribution in [2.75, 3.05) is 5.32 Å². The van der Waals surface area contributed by atoms with Gasteiger partial charge in [0.05, 0.1) is 11.6 Å². The summed E-state index contributed by atoms with van der Waals surface area (Å²) < 4.78 is 0. The van der Waals surface area contributed by atoms with Gasteiger partial charge in [0, 0.05) is 11.4 Å². The SMILES string of the molecule is CC1=C(C(=O)Nc2ccccc2)C(c2cc(C)ccc2C)NC(=O)N1. The predicted octanol–water partition coefficient (Wildman–Crippen LogP) is 3.57. The van der Waals surface area contributed by atoms with Gasteiger partial charge in [-0.15, -0.1) is 0 Å². The van der Waals surface area contributed by atoms with Crippen molar-refractivity contribution in [2.24, 2.45) is 0 Å². The predicted molar refractivity (Wildman–Crippen MR) is 98.1 cm³/mol. The molecule has 0 radical (unpaired) electrons. The lowest BCUT2D eigenvalue weighted by molar-refractivity contribution is -0.113. The van der Waals surface area contributed by atoms with Crippen LogP contribution in [-0.4, -0.2) is 11.9 Å². The summed E-state index contributed by atoms with van der Waals surface area (Å²) in [7, 11) is 0. The highest BCUT2D eigenvalue weighted by atomic mass is 16.2. The summed E-state index contributed by atoms with van der Waals surface area (Å²) in [5.74, 6) is -0.234. The van der Waals surface area contributed by atoms with Gasteiger partial charge in [0.15, 0.2) is 0 Å². The number of amides is 3. The van der Waals surface area contributed by atoms with Crippen molar-refractivity contribution in [3.05, 3.63) is 76.5 Å². The van der Waals surface area contributed by atoms with E-state index in [0.717, 1.165) is 16.7 Å². The Kier molecular flexibility index (Phi) is 4.57. The number of carbonyl (C=O) groups excluding carboxylic acids is 2. The van der Waals surface area contributed by atoms with Crippen molar-refractivity contribution in [3.63, 3.8) is 0 Å². The van der Waals surface area contributed by atoms with E-state index in [-0.39, 0.29) is 11.9 Å². The molecule has 5 nitrogen and oxygen atoms in total. The van der Waals surface area contributed by atoms with Gasteiger partial charge in [-0.05, 0) is 44.0 Å². The summed E-state index contributed by atoms with van der Waals surface area (Å²) in [5, 5.41) is 8.48. The van der Waals surface area contributed by atoms with Crippen LogP contribution in [0.25, 0.3) is 0 Å². The molecule has 0 bridgehead atoms. The smallest absolute Gasteiger partial charge is 0.319 e.